The summed E-state index contributed by atoms with van der Waals surface area (Å²) < 4.78 is 6.46. The van der Waals surface area contributed by atoms with Gasteiger partial charge in [0.05, 0.1) is 33.1 Å². The molecule has 0 aliphatic carbocycles. The lowest BCUT2D eigenvalue weighted by atomic mass is 10.2. The normalized spacial score (nSPS) is 15.7. The van der Waals surface area contributed by atoms with Crippen LogP contribution in [-0.4, -0.2) is 61.9 Å². The molecule has 0 saturated carbocycles. The maximum Gasteiger partial charge on any atom is 0.407 e. The van der Waals surface area contributed by atoms with Crippen molar-refractivity contribution in [2.75, 3.05) is 23.3 Å². The van der Waals surface area contributed by atoms with E-state index < -0.39 is 23.3 Å². The van der Waals surface area contributed by atoms with Gasteiger partial charge in [-0.05, 0) is 62.7 Å². The largest absolute Gasteiger partial charge is 0.444 e. The summed E-state index contributed by atoms with van der Waals surface area (Å²) in [5, 5.41) is 15.7. The Morgan fingerprint density at radius 1 is 1.22 bits per heavy atom. The number of alkyl carbamates (subject to hydrolysis) is 1. The van der Waals surface area contributed by atoms with Crippen molar-refractivity contribution in [3.8, 4) is 5.69 Å². The van der Waals surface area contributed by atoms with Crippen LogP contribution in [0.15, 0.2) is 23.0 Å². The number of amides is 2. The third-order valence-corrected chi connectivity index (χ3v) is 6.42. The molecule has 1 aromatic carbocycles. The highest BCUT2D eigenvalue weighted by Gasteiger charge is 2.29. The molecule has 36 heavy (non-hydrogen) atoms. The number of H-pyrrole nitrogens is 2. The first-order valence-corrected chi connectivity index (χ1v) is 11.9. The van der Waals surface area contributed by atoms with Crippen LogP contribution in [0.1, 0.15) is 43.4 Å². The smallest absolute Gasteiger partial charge is 0.407 e. The Hall–Kier alpha value is -3.51. The second kappa shape index (κ2) is 9.86. The Bertz CT molecular complexity index is 1360. The predicted octanol–water partition coefficient (Wildman–Crippen LogP) is 3.25. The molecule has 0 bridgehead atoms. The van der Waals surface area contributed by atoms with E-state index in [1.54, 1.807) is 45.9 Å². The lowest BCUT2D eigenvalue weighted by Gasteiger charge is -2.24. The Labute approximate surface area is 216 Å². The zero-order chi connectivity index (χ0) is 26.2. The van der Waals surface area contributed by atoms with E-state index >= 15 is 0 Å². The number of carbonyl (C=O) groups is 2. The van der Waals surface area contributed by atoms with Crippen LogP contribution < -0.4 is 21.2 Å². The third kappa shape index (κ3) is 5.49. The number of anilines is 2. The Morgan fingerprint density at radius 2 is 1.97 bits per heavy atom. The molecule has 0 radical (unpaired) electrons. The van der Waals surface area contributed by atoms with Gasteiger partial charge in [0.25, 0.3) is 5.91 Å². The number of ether oxygens (including phenoxy) is 1. The predicted molar refractivity (Wildman–Crippen MR) is 135 cm³/mol. The quantitative estimate of drug-likeness (QED) is 0.390. The highest BCUT2D eigenvalue weighted by molar-refractivity contribution is 6.44. The summed E-state index contributed by atoms with van der Waals surface area (Å²) in [6.45, 7) is 8.13. The number of rotatable bonds is 5. The van der Waals surface area contributed by atoms with Crippen molar-refractivity contribution in [2.24, 2.45) is 0 Å². The van der Waals surface area contributed by atoms with E-state index in [4.69, 9.17) is 27.9 Å². The van der Waals surface area contributed by atoms with Crippen LogP contribution in [-0.2, 0) is 4.74 Å². The van der Waals surface area contributed by atoms with Crippen LogP contribution in [0, 0.1) is 6.92 Å². The van der Waals surface area contributed by atoms with Gasteiger partial charge in [0, 0.05) is 18.8 Å². The second-order valence-electron chi connectivity index (χ2n) is 9.40. The second-order valence-corrected chi connectivity index (χ2v) is 10.2. The fourth-order valence-corrected chi connectivity index (χ4v) is 4.29. The monoisotopic (exact) mass is 536 g/mol. The standard InChI is InChI=1S/C22H26Cl2N8O4/c1-11-16(23)17(24)18(25-11)19(33)27-14-6-5-13(32-20(34)28-29-30-32)9-15(14)31-8-7-12(10-31)26-21(35)36-22(2,3)4/h5-6,9,12,25H,7-8,10H2,1-4H3,(H,26,35)(H,27,33)(H,28,30,34)/t12-/m0/s1. The fraction of sp³-hybridized carbons (Fsp3) is 0.409. The molecule has 1 atom stereocenters. The van der Waals surface area contributed by atoms with E-state index in [1.807, 2.05) is 4.90 Å². The number of halogens is 2. The molecule has 12 nitrogen and oxygen atoms in total. The molecule has 0 spiro atoms. The number of aromatic nitrogens is 5. The van der Waals surface area contributed by atoms with Crippen LogP contribution >= 0.6 is 23.2 Å². The van der Waals surface area contributed by atoms with Gasteiger partial charge in [-0.2, -0.15) is 4.68 Å². The first kappa shape index (κ1) is 25.6. The number of nitrogens with zero attached hydrogens (tertiary/aromatic N) is 4. The van der Waals surface area contributed by atoms with Crippen LogP contribution in [0.2, 0.25) is 10.0 Å². The van der Waals surface area contributed by atoms with Gasteiger partial charge in [-0.1, -0.05) is 23.2 Å². The van der Waals surface area contributed by atoms with E-state index in [2.05, 4.69) is 31.1 Å². The van der Waals surface area contributed by atoms with Crippen molar-refractivity contribution < 1.29 is 14.3 Å². The van der Waals surface area contributed by atoms with Crippen LogP contribution in [0.25, 0.3) is 5.69 Å². The van der Waals surface area contributed by atoms with Crippen molar-refractivity contribution in [2.45, 2.75) is 45.8 Å². The van der Waals surface area contributed by atoms with E-state index in [0.29, 0.717) is 42.3 Å². The molecule has 1 fully saturated rings. The van der Waals surface area contributed by atoms with Crippen LogP contribution in [0.3, 0.4) is 0 Å². The lowest BCUT2D eigenvalue weighted by Crippen LogP contribution is -2.40. The van der Waals surface area contributed by atoms with E-state index in [0.717, 1.165) is 4.68 Å². The molecule has 4 rings (SSSR count). The van der Waals surface area contributed by atoms with Gasteiger partial charge in [0.15, 0.2) is 0 Å². The number of carbonyl (C=O) groups excluding carboxylic acids is 2. The van der Waals surface area contributed by atoms with Gasteiger partial charge in [-0.15, -0.1) is 0 Å². The van der Waals surface area contributed by atoms with Gasteiger partial charge < -0.3 is 25.3 Å². The average Bonchev–Trinajstić information content (AvgIpc) is 3.49. The topological polar surface area (TPSA) is 150 Å². The SMILES string of the molecule is Cc1[nH]c(C(=O)Nc2ccc(-n3nn[nH]c3=O)cc2N2CC[C@H](NC(=O)OC(C)(C)C)C2)c(Cl)c1Cl. The first-order valence-electron chi connectivity index (χ1n) is 11.2. The molecule has 2 aromatic heterocycles. The molecular weight excluding hydrogens is 511 g/mol. The molecular formula is C22H26Cl2N8O4. The summed E-state index contributed by atoms with van der Waals surface area (Å²) in [4.78, 5) is 42.2. The molecule has 4 N–H and O–H groups in total. The first-order chi connectivity index (χ1) is 16.9. The number of nitrogens with one attached hydrogen (secondary N) is 4. The van der Waals surface area contributed by atoms with Gasteiger partial charge >= 0.3 is 11.8 Å². The minimum Gasteiger partial charge on any atom is -0.444 e. The Morgan fingerprint density at radius 3 is 2.58 bits per heavy atom. The summed E-state index contributed by atoms with van der Waals surface area (Å²) in [6.07, 6.45) is 0.150. The fourth-order valence-electron chi connectivity index (χ4n) is 3.87. The summed E-state index contributed by atoms with van der Waals surface area (Å²) in [6, 6.07) is 4.82. The third-order valence-electron chi connectivity index (χ3n) is 5.48. The van der Waals surface area contributed by atoms with Crippen molar-refractivity contribution in [1.82, 2.24) is 30.5 Å². The Balaban J connectivity index is 1.61. The number of aromatic amines is 2. The molecule has 1 aliphatic heterocycles. The zero-order valence-corrected chi connectivity index (χ0v) is 21.6. The Kier molecular flexibility index (Phi) is 7.01. The van der Waals surface area contributed by atoms with E-state index in [1.165, 1.54) is 0 Å². The number of tetrazole rings is 1. The van der Waals surface area contributed by atoms with Crippen molar-refractivity contribution in [3.63, 3.8) is 0 Å². The minimum atomic E-state index is -0.612. The van der Waals surface area contributed by atoms with Crippen LogP contribution in [0.5, 0.6) is 0 Å². The number of benzene rings is 1. The lowest BCUT2D eigenvalue weighted by molar-refractivity contribution is 0.0509. The number of aryl methyl sites for hydroxylation is 1. The maximum atomic E-state index is 13.0. The summed E-state index contributed by atoms with van der Waals surface area (Å²) >= 11 is 12.3. The van der Waals surface area contributed by atoms with Crippen molar-refractivity contribution in [1.29, 1.82) is 0 Å². The van der Waals surface area contributed by atoms with Gasteiger partial charge in [-0.25, -0.2) is 14.7 Å². The summed E-state index contributed by atoms with van der Waals surface area (Å²) in [5.74, 6) is -0.481. The molecule has 2 amide bonds. The number of hydrogen-bond donors (Lipinski definition) is 4. The van der Waals surface area contributed by atoms with Gasteiger partial charge in [-0.3, -0.25) is 4.79 Å². The summed E-state index contributed by atoms with van der Waals surface area (Å²) in [7, 11) is 0. The van der Waals surface area contributed by atoms with Gasteiger partial charge in [0.2, 0.25) is 0 Å². The number of hydrogen-bond acceptors (Lipinski definition) is 7. The van der Waals surface area contributed by atoms with Crippen molar-refractivity contribution in [3.05, 3.63) is 50.1 Å². The zero-order valence-electron chi connectivity index (χ0n) is 20.1. The van der Waals surface area contributed by atoms with E-state index in [9.17, 15) is 14.4 Å². The summed E-state index contributed by atoms with van der Waals surface area (Å²) in [5.41, 5.74) is 1.12. The average molecular weight is 537 g/mol. The van der Waals surface area contributed by atoms with Gasteiger partial charge in [0.1, 0.15) is 11.3 Å². The molecule has 3 aromatic rings. The molecule has 192 valence electrons. The molecule has 1 saturated heterocycles. The maximum absolute atomic E-state index is 13.0. The van der Waals surface area contributed by atoms with E-state index in [-0.39, 0.29) is 21.8 Å². The highest BCUT2D eigenvalue weighted by Crippen LogP contribution is 2.33. The molecule has 3 heterocycles. The highest BCUT2D eigenvalue weighted by atomic mass is 35.5. The minimum absolute atomic E-state index is 0.127. The molecule has 0 unspecified atom stereocenters. The van der Waals surface area contributed by atoms with Crippen LogP contribution in [0.4, 0.5) is 16.2 Å². The molecule has 1 aliphatic rings. The van der Waals surface area contributed by atoms with Crippen molar-refractivity contribution >= 4 is 46.6 Å². The molecule has 14 heteroatoms.